The maximum atomic E-state index is 11.5. The van der Waals surface area contributed by atoms with Gasteiger partial charge in [-0.05, 0) is 35.7 Å². The molecule has 4 rings (SSSR count). The summed E-state index contributed by atoms with van der Waals surface area (Å²) in [6, 6.07) is 10.6. The van der Waals surface area contributed by atoms with Crippen molar-refractivity contribution in [1.82, 2.24) is 19.7 Å². The molecule has 1 atom stereocenters. The zero-order chi connectivity index (χ0) is 23.3. The Morgan fingerprint density at radius 1 is 1.22 bits per heavy atom. The number of nitrogens with two attached hydrogens (primary N) is 1. The number of halogens is 3. The van der Waals surface area contributed by atoms with Gasteiger partial charge in [-0.2, -0.15) is 10.2 Å². The number of alkyl halides is 3. The molecule has 1 unspecified atom stereocenters. The minimum Gasteiger partial charge on any atom is -0.478 e. The second-order valence-electron chi connectivity index (χ2n) is 6.42. The maximum absolute atomic E-state index is 11.5. The van der Waals surface area contributed by atoms with E-state index >= 15 is 0 Å². The molecule has 1 aliphatic rings. The van der Waals surface area contributed by atoms with Gasteiger partial charge in [-0.25, -0.2) is 19.1 Å². The number of carboxylic acids is 1. The summed E-state index contributed by atoms with van der Waals surface area (Å²) >= 11 is 14.4. The number of aromatic nitrogens is 3. The molecule has 3 N–H and O–H groups in total. The van der Waals surface area contributed by atoms with Crippen LogP contribution in [-0.4, -0.2) is 47.2 Å². The first kappa shape index (κ1) is 23.6. The van der Waals surface area contributed by atoms with Gasteiger partial charge >= 0.3 is 12.0 Å². The van der Waals surface area contributed by atoms with Crippen LogP contribution in [0.1, 0.15) is 29.3 Å². The summed E-state index contributed by atoms with van der Waals surface area (Å²) < 4.78 is -0.476. The highest BCUT2D eigenvalue weighted by molar-refractivity contribution is 6.75. The third-order valence-corrected chi connectivity index (χ3v) is 4.73. The maximum Gasteiger partial charge on any atom is 0.356 e. The van der Waals surface area contributed by atoms with Gasteiger partial charge in [-0.3, -0.25) is 4.84 Å². The second-order valence-corrected chi connectivity index (χ2v) is 8.70. The van der Waals surface area contributed by atoms with Crippen molar-refractivity contribution in [3.8, 4) is 11.8 Å². The molecule has 12 heteroatoms. The van der Waals surface area contributed by atoms with Crippen LogP contribution in [0, 0.1) is 11.8 Å². The number of aliphatic carboxylic acids is 1. The third kappa shape index (κ3) is 5.81. The Morgan fingerprint density at radius 2 is 1.97 bits per heavy atom. The lowest BCUT2D eigenvalue weighted by molar-refractivity contribution is -0.135. The Balaban J connectivity index is 0.000000360. The van der Waals surface area contributed by atoms with E-state index in [-0.39, 0.29) is 6.04 Å². The van der Waals surface area contributed by atoms with E-state index in [1.165, 1.54) is 5.06 Å². The molecule has 3 heterocycles. The van der Waals surface area contributed by atoms with Crippen LogP contribution in [0.5, 0.6) is 0 Å². The first-order valence-corrected chi connectivity index (χ1v) is 10.2. The van der Waals surface area contributed by atoms with Gasteiger partial charge in [-0.1, -0.05) is 52.9 Å². The number of hydrogen-bond donors (Lipinski definition) is 2. The van der Waals surface area contributed by atoms with Crippen molar-refractivity contribution >= 4 is 52.5 Å². The van der Waals surface area contributed by atoms with Crippen LogP contribution in [0.2, 0.25) is 0 Å². The molecule has 166 valence electrons. The van der Waals surface area contributed by atoms with Crippen LogP contribution in [0.15, 0.2) is 48.8 Å². The molecule has 1 fully saturated rings. The topological polar surface area (TPSA) is 123 Å². The molecular weight excluding hydrogens is 481 g/mol. The van der Waals surface area contributed by atoms with Crippen molar-refractivity contribution in [1.29, 1.82) is 0 Å². The SMILES string of the molecule is NC(=O)N1OCCC1c1cccc(C#Cc2cnc3cccnn23)c1.O=C(O)C(Cl)(Cl)Cl. The van der Waals surface area contributed by atoms with Crippen molar-refractivity contribution in [2.45, 2.75) is 16.3 Å². The second kappa shape index (κ2) is 10.1. The van der Waals surface area contributed by atoms with Gasteiger partial charge < -0.3 is 10.8 Å². The summed E-state index contributed by atoms with van der Waals surface area (Å²) in [6.45, 7) is 0.469. The molecule has 2 aromatic heterocycles. The highest BCUT2D eigenvalue weighted by Crippen LogP contribution is 2.30. The first-order valence-electron chi connectivity index (χ1n) is 9.09. The van der Waals surface area contributed by atoms with E-state index in [0.29, 0.717) is 18.7 Å². The number of rotatable bonds is 1. The minimum absolute atomic E-state index is 0.184. The van der Waals surface area contributed by atoms with E-state index < -0.39 is 15.8 Å². The molecule has 0 saturated carbocycles. The summed E-state index contributed by atoms with van der Waals surface area (Å²) in [5.74, 6) is 4.75. The Morgan fingerprint density at radius 3 is 2.66 bits per heavy atom. The number of hydrogen-bond acceptors (Lipinski definition) is 5. The standard InChI is InChI=1S/C18H15N5O2.C2HCl3O2/c19-18(24)23-16(8-10-25-23)14-4-1-3-13(11-14)6-7-15-12-20-17-5-2-9-21-22(15)17;3-2(4,5)1(6)7/h1-5,9,11-12,16H,8,10H2,(H2,19,24);(H,6,7). The quantitative estimate of drug-likeness (QED) is 0.393. The Kier molecular flexibility index (Phi) is 7.43. The molecule has 32 heavy (non-hydrogen) atoms. The average Bonchev–Trinajstić information content (AvgIpc) is 3.40. The number of urea groups is 1. The summed E-state index contributed by atoms with van der Waals surface area (Å²) in [6.07, 6.45) is 4.09. The predicted molar refractivity (Wildman–Crippen MR) is 118 cm³/mol. The van der Waals surface area contributed by atoms with Gasteiger partial charge in [0.15, 0.2) is 5.65 Å². The molecule has 0 radical (unpaired) electrons. The number of hydroxylamine groups is 2. The lowest BCUT2D eigenvalue weighted by atomic mass is 10.0. The lowest BCUT2D eigenvalue weighted by Gasteiger charge is -2.20. The van der Waals surface area contributed by atoms with Gasteiger partial charge in [0.1, 0.15) is 5.69 Å². The molecule has 2 amide bonds. The van der Waals surface area contributed by atoms with Crippen LogP contribution in [0.25, 0.3) is 5.65 Å². The van der Waals surface area contributed by atoms with Crippen molar-refractivity contribution in [2.75, 3.05) is 6.61 Å². The number of carbonyl (C=O) groups is 2. The summed E-state index contributed by atoms with van der Waals surface area (Å²) in [5, 5.41) is 13.3. The normalized spacial score (nSPS) is 15.5. The molecule has 0 bridgehead atoms. The van der Waals surface area contributed by atoms with Crippen LogP contribution in [0.3, 0.4) is 0 Å². The van der Waals surface area contributed by atoms with E-state index in [4.69, 9.17) is 50.5 Å². The largest absolute Gasteiger partial charge is 0.478 e. The zero-order valence-corrected chi connectivity index (χ0v) is 18.6. The predicted octanol–water partition coefficient (Wildman–Crippen LogP) is 3.33. The van der Waals surface area contributed by atoms with E-state index in [1.807, 2.05) is 36.4 Å². The van der Waals surface area contributed by atoms with E-state index in [9.17, 15) is 9.59 Å². The Bertz CT molecular complexity index is 1200. The van der Waals surface area contributed by atoms with E-state index in [2.05, 4.69) is 21.9 Å². The minimum atomic E-state index is -2.17. The van der Waals surface area contributed by atoms with Crippen molar-refractivity contribution in [3.05, 3.63) is 65.6 Å². The molecule has 1 aliphatic heterocycles. The van der Waals surface area contributed by atoms with E-state index in [0.717, 1.165) is 16.8 Å². The molecular formula is C20H16Cl3N5O4. The number of carboxylic acid groups (broad SMARTS) is 1. The Hall–Kier alpha value is -3.03. The number of primary amides is 1. The molecule has 0 aliphatic carbocycles. The van der Waals surface area contributed by atoms with Crippen molar-refractivity contribution in [2.24, 2.45) is 5.73 Å². The monoisotopic (exact) mass is 495 g/mol. The molecule has 1 aromatic carbocycles. The average molecular weight is 497 g/mol. The number of imidazole rings is 1. The van der Waals surface area contributed by atoms with Crippen molar-refractivity contribution in [3.63, 3.8) is 0 Å². The highest BCUT2D eigenvalue weighted by Gasteiger charge is 2.30. The van der Waals surface area contributed by atoms with Crippen LogP contribution >= 0.6 is 34.8 Å². The van der Waals surface area contributed by atoms with Crippen LogP contribution in [0.4, 0.5) is 4.79 Å². The number of amides is 2. The number of carbonyl (C=O) groups excluding carboxylic acids is 1. The molecule has 9 nitrogen and oxygen atoms in total. The number of benzene rings is 1. The van der Waals surface area contributed by atoms with Gasteiger partial charge in [0.05, 0.1) is 18.8 Å². The molecule has 1 saturated heterocycles. The number of nitrogens with zero attached hydrogens (tertiary/aromatic N) is 4. The summed E-state index contributed by atoms with van der Waals surface area (Å²) in [5.41, 5.74) is 8.60. The summed E-state index contributed by atoms with van der Waals surface area (Å²) in [7, 11) is 0. The fourth-order valence-corrected chi connectivity index (χ4v) is 2.86. The first-order chi connectivity index (χ1) is 15.2. The lowest BCUT2D eigenvalue weighted by Crippen LogP contribution is -2.34. The van der Waals surface area contributed by atoms with Crippen LogP contribution < -0.4 is 5.73 Å². The Labute approximate surface area is 197 Å². The smallest absolute Gasteiger partial charge is 0.356 e. The summed E-state index contributed by atoms with van der Waals surface area (Å²) in [4.78, 5) is 30.6. The van der Waals surface area contributed by atoms with Gasteiger partial charge in [-0.15, -0.1) is 0 Å². The van der Waals surface area contributed by atoms with Gasteiger partial charge in [0.2, 0.25) is 0 Å². The molecule has 0 spiro atoms. The van der Waals surface area contributed by atoms with Gasteiger partial charge in [0, 0.05) is 18.2 Å². The third-order valence-electron chi connectivity index (χ3n) is 4.25. The van der Waals surface area contributed by atoms with Gasteiger partial charge in [0.25, 0.3) is 3.79 Å². The number of fused-ring (bicyclic) bond motifs is 1. The highest BCUT2D eigenvalue weighted by atomic mass is 35.6. The van der Waals surface area contributed by atoms with Crippen LogP contribution in [-0.2, 0) is 9.63 Å². The fraction of sp³-hybridized carbons (Fsp3) is 0.200. The molecule has 3 aromatic rings. The van der Waals surface area contributed by atoms with Crippen molar-refractivity contribution < 1.29 is 19.5 Å². The zero-order valence-electron chi connectivity index (χ0n) is 16.3. The van der Waals surface area contributed by atoms with E-state index in [1.54, 1.807) is 16.9 Å². The fourth-order valence-electron chi connectivity index (χ4n) is 2.86.